The molecule has 0 aliphatic heterocycles. The average Bonchev–Trinajstić information content (AvgIpc) is 2.46. The number of hydrogen-bond donors (Lipinski definition) is 1. The molecule has 2 unspecified atom stereocenters. The molecule has 0 radical (unpaired) electrons. The van der Waals surface area contributed by atoms with Crippen LogP contribution in [-0.4, -0.2) is 24.7 Å². The molecule has 0 aliphatic carbocycles. The van der Waals surface area contributed by atoms with Crippen LogP contribution in [0.1, 0.15) is 46.1 Å². The Balaban J connectivity index is 2.84. The van der Waals surface area contributed by atoms with Crippen LogP contribution >= 0.6 is 0 Å². The predicted octanol–water partition coefficient (Wildman–Crippen LogP) is 3.88. The fraction of sp³-hybridized carbons (Fsp3) is 0.611. The van der Waals surface area contributed by atoms with Crippen LogP contribution in [0, 0.1) is 18.3 Å². The summed E-state index contributed by atoms with van der Waals surface area (Å²) >= 11 is 0. The van der Waals surface area contributed by atoms with Gasteiger partial charge in [0.2, 0.25) is 0 Å². The maximum absolute atomic E-state index is 9.50. The van der Waals surface area contributed by atoms with E-state index < -0.39 is 5.54 Å². The second kappa shape index (κ2) is 8.05. The Labute approximate surface area is 130 Å². The first kappa shape index (κ1) is 17.5. The van der Waals surface area contributed by atoms with Gasteiger partial charge in [-0.05, 0) is 64.8 Å². The number of rotatable bonds is 8. The van der Waals surface area contributed by atoms with Gasteiger partial charge in [0.15, 0.2) is 0 Å². The number of nitriles is 1. The van der Waals surface area contributed by atoms with Gasteiger partial charge in [-0.2, -0.15) is 5.26 Å². The van der Waals surface area contributed by atoms with Gasteiger partial charge in [-0.1, -0.05) is 19.1 Å². The summed E-state index contributed by atoms with van der Waals surface area (Å²) in [5.41, 5.74) is 2.04. The molecule has 0 fully saturated rings. The molecule has 0 amide bonds. The van der Waals surface area contributed by atoms with Crippen LogP contribution in [-0.2, 0) is 0 Å². The van der Waals surface area contributed by atoms with Crippen LogP contribution in [0.4, 0.5) is 5.69 Å². The molecule has 0 saturated carbocycles. The summed E-state index contributed by atoms with van der Waals surface area (Å²) in [6, 6.07) is 11.3. The van der Waals surface area contributed by atoms with Crippen molar-refractivity contribution >= 4 is 5.69 Å². The first-order valence-corrected chi connectivity index (χ1v) is 7.95. The lowest BCUT2D eigenvalue weighted by molar-refractivity contribution is 0.383. The molecule has 0 spiro atoms. The monoisotopic (exact) mass is 287 g/mol. The van der Waals surface area contributed by atoms with Gasteiger partial charge >= 0.3 is 0 Å². The highest BCUT2D eigenvalue weighted by Gasteiger charge is 2.28. The summed E-state index contributed by atoms with van der Waals surface area (Å²) in [5, 5.41) is 12.9. The van der Waals surface area contributed by atoms with E-state index >= 15 is 0 Å². The van der Waals surface area contributed by atoms with Crippen molar-refractivity contribution in [2.75, 3.05) is 18.0 Å². The van der Waals surface area contributed by atoms with Crippen molar-refractivity contribution in [1.29, 1.82) is 5.26 Å². The van der Waals surface area contributed by atoms with Gasteiger partial charge in [0.1, 0.15) is 5.54 Å². The van der Waals surface area contributed by atoms with E-state index in [1.165, 1.54) is 11.3 Å². The largest absolute Gasteiger partial charge is 0.369 e. The summed E-state index contributed by atoms with van der Waals surface area (Å²) in [4.78, 5) is 2.37. The molecule has 1 aromatic rings. The third kappa shape index (κ3) is 5.06. The Morgan fingerprint density at radius 2 is 2.10 bits per heavy atom. The third-order valence-electron chi connectivity index (χ3n) is 3.92. The van der Waals surface area contributed by atoms with Gasteiger partial charge in [0.05, 0.1) is 6.07 Å². The molecule has 0 saturated heterocycles. The second-order valence-electron chi connectivity index (χ2n) is 6.05. The van der Waals surface area contributed by atoms with Crippen molar-refractivity contribution in [2.45, 2.75) is 59.0 Å². The molecule has 3 nitrogen and oxygen atoms in total. The second-order valence-corrected chi connectivity index (χ2v) is 6.05. The number of benzene rings is 1. The fourth-order valence-electron chi connectivity index (χ4n) is 2.81. The van der Waals surface area contributed by atoms with Crippen molar-refractivity contribution in [2.24, 2.45) is 0 Å². The van der Waals surface area contributed by atoms with Crippen molar-refractivity contribution in [3.05, 3.63) is 29.8 Å². The molecule has 0 aromatic heterocycles. The Hall–Kier alpha value is -1.53. The maximum Gasteiger partial charge on any atom is 0.105 e. The molecule has 116 valence electrons. The molecule has 21 heavy (non-hydrogen) atoms. The standard InChI is InChI=1S/C18H29N3/c1-6-11-20-18(5,14-19)13-16(4)21(7-2)17-10-8-9-15(3)12-17/h8-10,12,16,20H,6-7,11,13H2,1-5H3. The van der Waals surface area contributed by atoms with Crippen LogP contribution in [0.3, 0.4) is 0 Å². The summed E-state index contributed by atoms with van der Waals surface area (Å²) in [6.07, 6.45) is 1.85. The Kier molecular flexibility index (Phi) is 6.71. The lowest BCUT2D eigenvalue weighted by atomic mass is 9.94. The number of nitrogens with one attached hydrogen (secondary N) is 1. The summed E-state index contributed by atoms with van der Waals surface area (Å²) in [5.74, 6) is 0. The minimum Gasteiger partial charge on any atom is -0.369 e. The van der Waals surface area contributed by atoms with Crippen molar-refractivity contribution < 1.29 is 0 Å². The van der Waals surface area contributed by atoms with E-state index in [2.05, 4.69) is 68.2 Å². The lowest BCUT2D eigenvalue weighted by Crippen LogP contribution is -2.47. The number of nitrogens with zero attached hydrogens (tertiary/aromatic N) is 2. The lowest BCUT2D eigenvalue weighted by Gasteiger charge is -2.35. The van der Waals surface area contributed by atoms with Gasteiger partial charge in [0.25, 0.3) is 0 Å². The summed E-state index contributed by atoms with van der Waals surface area (Å²) < 4.78 is 0. The van der Waals surface area contributed by atoms with Gasteiger partial charge in [-0.3, -0.25) is 5.32 Å². The normalized spacial score (nSPS) is 15.0. The Morgan fingerprint density at radius 3 is 2.62 bits per heavy atom. The van der Waals surface area contributed by atoms with Crippen LogP contribution in [0.15, 0.2) is 24.3 Å². The Bertz CT molecular complexity index is 478. The molecular weight excluding hydrogens is 258 g/mol. The predicted molar refractivity (Wildman–Crippen MR) is 90.6 cm³/mol. The average molecular weight is 287 g/mol. The topological polar surface area (TPSA) is 39.1 Å². The van der Waals surface area contributed by atoms with Gasteiger partial charge in [-0.25, -0.2) is 0 Å². The number of anilines is 1. The van der Waals surface area contributed by atoms with E-state index in [0.717, 1.165) is 25.9 Å². The minimum absolute atomic E-state index is 0.311. The van der Waals surface area contributed by atoms with Gasteiger partial charge in [0, 0.05) is 18.3 Å². The maximum atomic E-state index is 9.50. The molecule has 3 heteroatoms. The van der Waals surface area contributed by atoms with Crippen molar-refractivity contribution in [3.63, 3.8) is 0 Å². The van der Waals surface area contributed by atoms with Crippen LogP contribution in [0.2, 0.25) is 0 Å². The summed E-state index contributed by atoms with van der Waals surface area (Å²) in [6.45, 7) is 12.4. The molecular formula is C18H29N3. The van der Waals surface area contributed by atoms with Crippen molar-refractivity contribution in [3.8, 4) is 6.07 Å². The van der Waals surface area contributed by atoms with Gasteiger partial charge < -0.3 is 4.90 Å². The SMILES string of the molecule is CCCNC(C)(C#N)CC(C)N(CC)c1cccc(C)c1. The molecule has 1 N–H and O–H groups in total. The quantitative estimate of drug-likeness (QED) is 0.788. The van der Waals surface area contributed by atoms with E-state index in [-0.39, 0.29) is 0 Å². The third-order valence-corrected chi connectivity index (χ3v) is 3.92. The molecule has 1 rings (SSSR count). The molecule has 1 aromatic carbocycles. The van der Waals surface area contributed by atoms with E-state index in [1.807, 2.05) is 6.92 Å². The molecule has 0 bridgehead atoms. The zero-order chi connectivity index (χ0) is 15.9. The first-order chi connectivity index (χ1) is 9.95. The Morgan fingerprint density at radius 1 is 1.38 bits per heavy atom. The highest BCUT2D eigenvalue weighted by Crippen LogP contribution is 2.23. The number of aryl methyl sites for hydroxylation is 1. The highest BCUT2D eigenvalue weighted by atomic mass is 15.2. The highest BCUT2D eigenvalue weighted by molar-refractivity contribution is 5.49. The van der Waals surface area contributed by atoms with E-state index in [9.17, 15) is 5.26 Å². The smallest absolute Gasteiger partial charge is 0.105 e. The molecule has 2 atom stereocenters. The van der Waals surface area contributed by atoms with E-state index in [0.29, 0.717) is 6.04 Å². The zero-order valence-electron chi connectivity index (χ0n) is 14.1. The number of hydrogen-bond acceptors (Lipinski definition) is 3. The zero-order valence-corrected chi connectivity index (χ0v) is 14.1. The minimum atomic E-state index is -0.466. The van der Waals surface area contributed by atoms with Gasteiger partial charge in [-0.15, -0.1) is 0 Å². The van der Waals surface area contributed by atoms with Crippen LogP contribution in [0.25, 0.3) is 0 Å². The van der Waals surface area contributed by atoms with Crippen LogP contribution < -0.4 is 10.2 Å². The van der Waals surface area contributed by atoms with E-state index in [1.54, 1.807) is 0 Å². The molecule has 0 heterocycles. The summed E-state index contributed by atoms with van der Waals surface area (Å²) in [7, 11) is 0. The van der Waals surface area contributed by atoms with Crippen LogP contribution in [0.5, 0.6) is 0 Å². The van der Waals surface area contributed by atoms with E-state index in [4.69, 9.17) is 0 Å². The van der Waals surface area contributed by atoms with Crippen molar-refractivity contribution in [1.82, 2.24) is 5.32 Å². The fourth-order valence-corrected chi connectivity index (χ4v) is 2.81. The first-order valence-electron chi connectivity index (χ1n) is 7.95. The molecule has 0 aliphatic rings.